The number of carboxylic acid groups (broad SMARTS) is 1. The monoisotopic (exact) mass is 609 g/mol. The van der Waals surface area contributed by atoms with E-state index in [1.165, 1.54) is 6.92 Å². The smallest absolute Gasteiger partial charge is 0.326 e. The maximum Gasteiger partial charge on any atom is 0.326 e. The molecular formula is C36H40N4O5. The van der Waals surface area contributed by atoms with E-state index in [1.807, 2.05) is 54.6 Å². The molecule has 1 aliphatic rings. The van der Waals surface area contributed by atoms with Crippen molar-refractivity contribution in [1.29, 1.82) is 0 Å². The number of aliphatic hydroxyl groups is 1. The predicted octanol–water partition coefficient (Wildman–Crippen LogP) is 5.58. The summed E-state index contributed by atoms with van der Waals surface area (Å²) in [5.41, 5.74) is 5.59. The molecular weight excluding hydrogens is 568 g/mol. The third-order valence-electron chi connectivity index (χ3n) is 8.19. The molecule has 3 N–H and O–H groups in total. The summed E-state index contributed by atoms with van der Waals surface area (Å²) in [4.78, 5) is 36.8. The van der Waals surface area contributed by atoms with Crippen LogP contribution in [0.4, 0.5) is 5.69 Å². The van der Waals surface area contributed by atoms with Crippen molar-refractivity contribution in [3.8, 4) is 16.9 Å². The van der Waals surface area contributed by atoms with E-state index >= 15 is 0 Å². The molecule has 4 aromatic rings. The van der Waals surface area contributed by atoms with Crippen LogP contribution in [-0.4, -0.2) is 51.2 Å². The van der Waals surface area contributed by atoms with Gasteiger partial charge in [0.15, 0.2) is 11.4 Å². The molecule has 1 aromatic heterocycles. The summed E-state index contributed by atoms with van der Waals surface area (Å²) >= 11 is 0. The molecule has 0 aliphatic carbocycles. The summed E-state index contributed by atoms with van der Waals surface area (Å²) in [6.07, 6.45) is 2.29. The van der Waals surface area contributed by atoms with Gasteiger partial charge < -0.3 is 25.2 Å². The molecule has 1 saturated heterocycles. The number of ether oxygens (including phenoxy) is 1. The second-order valence-electron chi connectivity index (χ2n) is 11.3. The van der Waals surface area contributed by atoms with Gasteiger partial charge in [-0.2, -0.15) is 0 Å². The highest BCUT2D eigenvalue weighted by molar-refractivity contribution is 5.97. The maximum atomic E-state index is 13.4. The van der Waals surface area contributed by atoms with E-state index in [0.717, 1.165) is 53.9 Å². The van der Waals surface area contributed by atoms with Gasteiger partial charge in [-0.3, -0.25) is 4.79 Å². The SMILES string of the molecule is [2H]C(CC)(NC(=O)c1nc(CC2CCN(c3ccc(-c4ccc(CO)cc4)cc3)CC2)nc(C)c1OCc1ccccc1)C(=O)O. The Bertz CT molecular complexity index is 1640. The molecule has 45 heavy (non-hydrogen) atoms. The van der Waals surface area contributed by atoms with Crippen molar-refractivity contribution in [3.63, 3.8) is 0 Å². The number of aryl methyl sites for hydroxylation is 1. The quantitative estimate of drug-likeness (QED) is 0.190. The first-order valence-corrected chi connectivity index (χ1v) is 15.3. The summed E-state index contributed by atoms with van der Waals surface area (Å²) in [6.45, 7) is 5.24. The number of hydrogen-bond donors (Lipinski definition) is 3. The van der Waals surface area contributed by atoms with Crippen molar-refractivity contribution in [2.24, 2.45) is 5.92 Å². The Balaban J connectivity index is 1.27. The van der Waals surface area contributed by atoms with Crippen molar-refractivity contribution < 1.29 is 25.9 Å². The van der Waals surface area contributed by atoms with Gasteiger partial charge in [0, 0.05) is 25.2 Å². The first-order chi connectivity index (χ1) is 22.2. The number of nitrogens with zero attached hydrogens (tertiary/aromatic N) is 3. The number of hydrogen-bond acceptors (Lipinski definition) is 7. The number of nitrogens with one attached hydrogen (secondary N) is 1. The van der Waals surface area contributed by atoms with Crippen molar-refractivity contribution in [2.75, 3.05) is 18.0 Å². The minimum absolute atomic E-state index is 0.0320. The zero-order valence-corrected chi connectivity index (χ0v) is 25.7. The molecule has 0 spiro atoms. The fourth-order valence-electron chi connectivity index (χ4n) is 5.58. The number of aliphatic hydroxyl groups excluding tert-OH is 1. The summed E-state index contributed by atoms with van der Waals surface area (Å²) in [5.74, 6) is -1.25. The Hall–Kier alpha value is -4.76. The van der Waals surface area contributed by atoms with Crippen LogP contribution in [0.3, 0.4) is 0 Å². The van der Waals surface area contributed by atoms with E-state index in [4.69, 9.17) is 11.1 Å². The Morgan fingerprint density at radius 3 is 2.22 bits per heavy atom. The third-order valence-corrected chi connectivity index (χ3v) is 8.19. The highest BCUT2D eigenvalue weighted by Gasteiger charge is 2.27. The number of anilines is 1. The lowest BCUT2D eigenvalue weighted by atomic mass is 9.92. The number of carboxylic acids is 1. The maximum absolute atomic E-state index is 13.4. The van der Waals surface area contributed by atoms with E-state index in [0.29, 0.717) is 23.9 Å². The highest BCUT2D eigenvalue weighted by Crippen LogP contribution is 2.29. The van der Waals surface area contributed by atoms with Crippen molar-refractivity contribution in [1.82, 2.24) is 15.3 Å². The van der Waals surface area contributed by atoms with Crippen LogP contribution < -0.4 is 15.0 Å². The van der Waals surface area contributed by atoms with Gasteiger partial charge in [0.1, 0.15) is 18.4 Å². The van der Waals surface area contributed by atoms with Crippen LogP contribution in [0.2, 0.25) is 0 Å². The van der Waals surface area contributed by atoms with E-state index in [1.54, 1.807) is 6.92 Å². The number of piperidine rings is 1. The molecule has 9 heteroatoms. The third kappa shape index (κ3) is 8.05. The molecule has 1 unspecified atom stereocenters. The van der Waals surface area contributed by atoms with E-state index in [2.05, 4.69) is 39.5 Å². The summed E-state index contributed by atoms with van der Waals surface area (Å²) in [6, 6.07) is 23.7. The van der Waals surface area contributed by atoms with Gasteiger partial charge in [-0.25, -0.2) is 14.8 Å². The average molecular weight is 610 g/mol. The predicted molar refractivity (Wildman–Crippen MR) is 173 cm³/mol. The molecule has 5 rings (SSSR count). The largest absolute Gasteiger partial charge is 0.485 e. The van der Waals surface area contributed by atoms with Crippen LogP contribution in [0.5, 0.6) is 5.75 Å². The second kappa shape index (κ2) is 14.8. The zero-order valence-electron chi connectivity index (χ0n) is 26.7. The van der Waals surface area contributed by atoms with Gasteiger partial charge in [0.2, 0.25) is 0 Å². The summed E-state index contributed by atoms with van der Waals surface area (Å²) in [5, 5.41) is 21.2. The standard InChI is InChI=1S/C36H40N4O5/c1-3-31(36(43)44)38-35(42)33-34(45-23-27-7-5-4-6-8-27)24(2)37-32(39-33)21-25-17-19-40(20-18-25)30-15-13-29(14-16-30)28-11-9-26(22-41)10-12-28/h4-16,25,31,41H,3,17-23H2,1-2H3,(H,38,42)(H,43,44)/i31D. The number of aromatic nitrogens is 2. The first kappa shape index (κ1) is 30.3. The fourth-order valence-corrected chi connectivity index (χ4v) is 5.58. The number of rotatable bonds is 12. The second-order valence-corrected chi connectivity index (χ2v) is 11.3. The van der Waals surface area contributed by atoms with E-state index < -0.39 is 17.9 Å². The summed E-state index contributed by atoms with van der Waals surface area (Å²) < 4.78 is 14.3. The van der Waals surface area contributed by atoms with Crippen molar-refractivity contribution >= 4 is 17.6 Å². The topological polar surface area (TPSA) is 125 Å². The number of carbonyl (C=O) groups excluding carboxylic acids is 1. The Morgan fingerprint density at radius 2 is 1.62 bits per heavy atom. The van der Waals surface area contributed by atoms with Crippen LogP contribution >= 0.6 is 0 Å². The van der Waals surface area contributed by atoms with Gasteiger partial charge in [0.25, 0.3) is 5.91 Å². The zero-order chi connectivity index (χ0) is 32.7. The first-order valence-electron chi connectivity index (χ1n) is 15.8. The molecule has 0 bridgehead atoms. The van der Waals surface area contributed by atoms with Crippen LogP contribution in [0.25, 0.3) is 11.1 Å². The molecule has 0 saturated carbocycles. The number of benzene rings is 3. The van der Waals surface area contributed by atoms with Crippen molar-refractivity contribution in [2.45, 2.75) is 58.8 Å². The molecule has 1 aliphatic heterocycles. The van der Waals surface area contributed by atoms with E-state index in [9.17, 15) is 19.8 Å². The minimum Gasteiger partial charge on any atom is -0.485 e. The molecule has 0 radical (unpaired) electrons. The molecule has 234 valence electrons. The van der Waals surface area contributed by atoms with Gasteiger partial charge in [-0.15, -0.1) is 0 Å². The molecule has 1 atom stereocenters. The lowest BCUT2D eigenvalue weighted by Crippen LogP contribution is -2.41. The fraction of sp³-hybridized carbons (Fsp3) is 0.333. The van der Waals surface area contributed by atoms with Crippen LogP contribution in [0.15, 0.2) is 78.9 Å². The van der Waals surface area contributed by atoms with Crippen LogP contribution in [0, 0.1) is 12.8 Å². The van der Waals surface area contributed by atoms with Crippen LogP contribution in [-0.2, 0) is 24.4 Å². The average Bonchev–Trinajstić information content (AvgIpc) is 3.08. The van der Waals surface area contributed by atoms with Gasteiger partial charge in [-0.1, -0.05) is 73.7 Å². The van der Waals surface area contributed by atoms with Crippen molar-refractivity contribution in [3.05, 3.63) is 107 Å². The molecule has 2 heterocycles. The molecule has 3 aromatic carbocycles. The number of aliphatic carboxylic acids is 1. The molecule has 1 amide bonds. The van der Waals surface area contributed by atoms with Gasteiger partial charge in [-0.05, 0) is 66.5 Å². The molecule has 1 fully saturated rings. The highest BCUT2D eigenvalue weighted by atomic mass is 16.5. The van der Waals surface area contributed by atoms with Gasteiger partial charge in [0.05, 0.1) is 13.7 Å². The Morgan fingerprint density at radius 1 is 0.978 bits per heavy atom. The number of carbonyl (C=O) groups is 2. The summed E-state index contributed by atoms with van der Waals surface area (Å²) in [7, 11) is 0. The van der Waals surface area contributed by atoms with Gasteiger partial charge >= 0.3 is 5.97 Å². The lowest BCUT2D eigenvalue weighted by Gasteiger charge is -2.33. The Labute approximate surface area is 265 Å². The minimum atomic E-state index is -2.19. The number of amides is 1. The van der Waals surface area contributed by atoms with E-state index in [-0.39, 0.29) is 31.1 Å². The normalized spacial score (nSPS) is 15.2. The lowest BCUT2D eigenvalue weighted by molar-refractivity contribution is -0.139. The molecule has 9 nitrogen and oxygen atoms in total. The Kier molecular flexibility index (Phi) is 9.97. The van der Waals surface area contributed by atoms with Crippen LogP contribution in [0.1, 0.15) is 60.7 Å².